The van der Waals surface area contributed by atoms with E-state index in [0.29, 0.717) is 17.8 Å². The molecular weight excluding hydrogens is 272 g/mol. The molecule has 2 saturated heterocycles. The van der Waals surface area contributed by atoms with Crippen LogP contribution in [-0.4, -0.2) is 58.3 Å². The van der Waals surface area contributed by atoms with Crippen LogP contribution >= 0.6 is 11.8 Å². The number of amides is 2. The number of hydrogen-bond acceptors (Lipinski definition) is 3. The van der Waals surface area contributed by atoms with E-state index in [9.17, 15) is 9.59 Å². The highest BCUT2D eigenvalue weighted by Gasteiger charge is 2.43. The first-order valence-electron chi connectivity index (χ1n) is 7.83. The Morgan fingerprint density at radius 2 is 1.90 bits per heavy atom. The lowest BCUT2D eigenvalue weighted by Crippen LogP contribution is -2.63. The second-order valence-electron chi connectivity index (χ2n) is 6.24. The summed E-state index contributed by atoms with van der Waals surface area (Å²) in [5, 5.41) is 0.654. The van der Waals surface area contributed by atoms with Gasteiger partial charge in [0.15, 0.2) is 0 Å². The summed E-state index contributed by atoms with van der Waals surface area (Å²) in [6.07, 6.45) is 9.71. The van der Waals surface area contributed by atoms with E-state index in [1.54, 1.807) is 0 Å². The molecule has 2 amide bonds. The molecule has 112 valence electrons. The van der Waals surface area contributed by atoms with Gasteiger partial charge in [0.2, 0.25) is 11.8 Å². The zero-order valence-corrected chi connectivity index (χ0v) is 13.0. The topological polar surface area (TPSA) is 40.6 Å². The Morgan fingerprint density at radius 1 is 1.05 bits per heavy atom. The molecule has 5 heteroatoms. The highest BCUT2D eigenvalue weighted by Crippen LogP contribution is 2.32. The van der Waals surface area contributed by atoms with Crippen molar-refractivity contribution in [2.75, 3.05) is 19.3 Å². The molecule has 0 aromatic heterocycles. The van der Waals surface area contributed by atoms with Crippen LogP contribution in [0, 0.1) is 0 Å². The standard InChI is InChI=1S/C15H24N2O2S/c1-20-12-6-4-5-11(9-12)17-10-14(18)16-8-3-2-7-13(16)15(17)19/h11-13H,2-10H2,1H3. The Hall–Kier alpha value is -0.710. The Bertz CT molecular complexity index is 401. The SMILES string of the molecule is CSC1CCCC(N2CC(=O)N3CCCCC3C2=O)C1. The van der Waals surface area contributed by atoms with Crippen molar-refractivity contribution in [1.29, 1.82) is 0 Å². The maximum atomic E-state index is 12.7. The number of piperazine rings is 1. The van der Waals surface area contributed by atoms with Crippen molar-refractivity contribution in [2.24, 2.45) is 0 Å². The van der Waals surface area contributed by atoms with Gasteiger partial charge in [0.05, 0.1) is 0 Å². The second kappa shape index (κ2) is 5.96. The fourth-order valence-electron chi connectivity index (χ4n) is 3.92. The van der Waals surface area contributed by atoms with Gasteiger partial charge < -0.3 is 9.80 Å². The Balaban J connectivity index is 1.73. The smallest absolute Gasteiger partial charge is 0.246 e. The van der Waals surface area contributed by atoms with E-state index in [1.165, 1.54) is 12.8 Å². The van der Waals surface area contributed by atoms with Crippen LogP contribution in [0.2, 0.25) is 0 Å². The average Bonchev–Trinajstić information content (AvgIpc) is 2.51. The summed E-state index contributed by atoms with van der Waals surface area (Å²) >= 11 is 1.90. The molecule has 1 saturated carbocycles. The molecule has 0 radical (unpaired) electrons. The van der Waals surface area contributed by atoms with Crippen molar-refractivity contribution in [2.45, 2.75) is 62.3 Å². The first kappa shape index (κ1) is 14.2. The lowest BCUT2D eigenvalue weighted by atomic mass is 9.91. The van der Waals surface area contributed by atoms with E-state index in [4.69, 9.17) is 0 Å². The number of fused-ring (bicyclic) bond motifs is 1. The summed E-state index contributed by atoms with van der Waals surface area (Å²) in [5.74, 6) is 0.386. The van der Waals surface area contributed by atoms with Crippen molar-refractivity contribution in [3.63, 3.8) is 0 Å². The van der Waals surface area contributed by atoms with Crippen molar-refractivity contribution in [3.8, 4) is 0 Å². The molecule has 3 aliphatic rings. The molecule has 0 aromatic carbocycles. The molecule has 3 rings (SSSR count). The Morgan fingerprint density at radius 3 is 2.70 bits per heavy atom. The normalized spacial score (nSPS) is 35.1. The van der Waals surface area contributed by atoms with Crippen LogP contribution in [0.5, 0.6) is 0 Å². The minimum atomic E-state index is -0.153. The van der Waals surface area contributed by atoms with E-state index in [1.807, 2.05) is 21.6 Å². The maximum absolute atomic E-state index is 12.7. The Labute approximate surface area is 125 Å². The molecule has 2 heterocycles. The second-order valence-corrected chi connectivity index (χ2v) is 7.38. The zero-order valence-electron chi connectivity index (χ0n) is 12.2. The number of carbonyl (C=O) groups is 2. The van der Waals surface area contributed by atoms with Gasteiger partial charge in [-0.15, -0.1) is 0 Å². The first-order chi connectivity index (χ1) is 9.70. The van der Waals surface area contributed by atoms with Crippen LogP contribution in [0.3, 0.4) is 0 Å². The highest BCUT2D eigenvalue weighted by molar-refractivity contribution is 7.99. The van der Waals surface area contributed by atoms with E-state index < -0.39 is 0 Å². The third kappa shape index (κ3) is 2.57. The van der Waals surface area contributed by atoms with Crippen LogP contribution in [0.15, 0.2) is 0 Å². The van der Waals surface area contributed by atoms with Crippen LogP contribution in [0.4, 0.5) is 0 Å². The van der Waals surface area contributed by atoms with Crippen LogP contribution in [-0.2, 0) is 9.59 Å². The van der Waals surface area contributed by atoms with Gasteiger partial charge >= 0.3 is 0 Å². The summed E-state index contributed by atoms with van der Waals surface area (Å²) in [6.45, 7) is 1.10. The number of piperidine rings is 1. The molecule has 0 spiro atoms. The van der Waals surface area contributed by atoms with Gasteiger partial charge in [-0.05, 0) is 44.8 Å². The quantitative estimate of drug-likeness (QED) is 0.781. The predicted molar refractivity (Wildman–Crippen MR) is 80.6 cm³/mol. The highest BCUT2D eigenvalue weighted by atomic mass is 32.2. The first-order valence-corrected chi connectivity index (χ1v) is 9.12. The minimum Gasteiger partial charge on any atom is -0.329 e. The third-order valence-electron chi connectivity index (χ3n) is 5.07. The van der Waals surface area contributed by atoms with Gasteiger partial charge in [-0.1, -0.05) is 6.42 Å². The fourth-order valence-corrected chi connectivity index (χ4v) is 4.74. The van der Waals surface area contributed by atoms with E-state index >= 15 is 0 Å². The third-order valence-corrected chi connectivity index (χ3v) is 6.16. The van der Waals surface area contributed by atoms with Crippen LogP contribution in [0.1, 0.15) is 44.9 Å². The lowest BCUT2D eigenvalue weighted by Gasteiger charge is -2.46. The van der Waals surface area contributed by atoms with E-state index in [0.717, 1.165) is 38.6 Å². The van der Waals surface area contributed by atoms with E-state index in [2.05, 4.69) is 6.26 Å². The summed E-state index contributed by atoms with van der Waals surface area (Å²) in [6, 6.07) is 0.140. The van der Waals surface area contributed by atoms with Crippen LogP contribution in [0.25, 0.3) is 0 Å². The van der Waals surface area contributed by atoms with Crippen molar-refractivity contribution >= 4 is 23.6 Å². The summed E-state index contributed by atoms with van der Waals surface area (Å²) < 4.78 is 0. The molecule has 3 unspecified atom stereocenters. The van der Waals surface area contributed by atoms with Gasteiger partial charge in [-0.2, -0.15) is 11.8 Å². The van der Waals surface area contributed by atoms with Crippen molar-refractivity contribution in [3.05, 3.63) is 0 Å². The monoisotopic (exact) mass is 296 g/mol. The molecule has 0 N–H and O–H groups in total. The van der Waals surface area contributed by atoms with Crippen molar-refractivity contribution < 1.29 is 9.59 Å². The number of rotatable bonds is 2. The maximum Gasteiger partial charge on any atom is 0.246 e. The van der Waals surface area contributed by atoms with Crippen LogP contribution < -0.4 is 0 Å². The van der Waals surface area contributed by atoms with Gasteiger partial charge in [0.25, 0.3) is 0 Å². The average molecular weight is 296 g/mol. The Kier molecular flexibility index (Phi) is 4.24. The van der Waals surface area contributed by atoms with Gasteiger partial charge in [0, 0.05) is 17.8 Å². The molecule has 0 bridgehead atoms. The number of thioether (sulfide) groups is 1. The molecule has 4 nitrogen and oxygen atoms in total. The number of hydrogen-bond donors (Lipinski definition) is 0. The van der Waals surface area contributed by atoms with Gasteiger partial charge in [-0.3, -0.25) is 9.59 Å². The van der Waals surface area contributed by atoms with E-state index in [-0.39, 0.29) is 17.9 Å². The van der Waals surface area contributed by atoms with Crippen molar-refractivity contribution in [1.82, 2.24) is 9.80 Å². The minimum absolute atomic E-state index is 0.153. The molecule has 2 aliphatic heterocycles. The molecule has 3 atom stereocenters. The number of carbonyl (C=O) groups excluding carboxylic acids is 2. The molecule has 3 fully saturated rings. The fraction of sp³-hybridized carbons (Fsp3) is 0.867. The lowest BCUT2D eigenvalue weighted by molar-refractivity contribution is -0.160. The summed E-state index contributed by atoms with van der Waals surface area (Å²) in [7, 11) is 0. The number of nitrogens with zero attached hydrogens (tertiary/aromatic N) is 2. The van der Waals surface area contributed by atoms with Gasteiger partial charge in [0.1, 0.15) is 12.6 Å². The molecule has 20 heavy (non-hydrogen) atoms. The largest absolute Gasteiger partial charge is 0.329 e. The molecule has 0 aromatic rings. The molecular formula is C15H24N2O2S. The summed E-state index contributed by atoms with van der Waals surface area (Å²) in [5.41, 5.74) is 0. The van der Waals surface area contributed by atoms with Gasteiger partial charge in [-0.25, -0.2) is 0 Å². The zero-order chi connectivity index (χ0) is 14.1. The summed E-state index contributed by atoms with van der Waals surface area (Å²) in [4.78, 5) is 28.8. The predicted octanol–water partition coefficient (Wildman–Crippen LogP) is 1.88. The molecule has 1 aliphatic carbocycles.